The van der Waals surface area contributed by atoms with E-state index < -0.39 is 5.60 Å². The van der Waals surface area contributed by atoms with Crippen LogP contribution in [-0.2, 0) is 0 Å². The average Bonchev–Trinajstić information content (AvgIpc) is 2.16. The third-order valence-electron chi connectivity index (χ3n) is 2.21. The molecule has 3 N–H and O–H groups in total. The number of urea groups is 1. The van der Waals surface area contributed by atoms with Crippen molar-refractivity contribution in [1.29, 1.82) is 0 Å². The predicted octanol–water partition coefficient (Wildman–Crippen LogP) is 1.25. The van der Waals surface area contributed by atoms with Gasteiger partial charge in [0.1, 0.15) is 0 Å². The molecule has 0 aliphatic rings. The van der Waals surface area contributed by atoms with Gasteiger partial charge in [-0.25, -0.2) is 4.79 Å². The predicted molar refractivity (Wildman–Crippen MR) is 57.2 cm³/mol. The van der Waals surface area contributed by atoms with E-state index in [9.17, 15) is 9.90 Å². The number of nitrogens with one attached hydrogen (secondary N) is 2. The Bertz CT molecular complexity index is 170. The summed E-state index contributed by atoms with van der Waals surface area (Å²) >= 11 is 0. The summed E-state index contributed by atoms with van der Waals surface area (Å²) in [5.41, 5.74) is -0.803. The molecule has 0 aromatic rings. The molecule has 0 saturated carbocycles. The molecule has 0 bridgehead atoms. The van der Waals surface area contributed by atoms with Crippen LogP contribution in [0.5, 0.6) is 0 Å². The van der Waals surface area contributed by atoms with Crippen LogP contribution in [0.1, 0.15) is 40.0 Å². The van der Waals surface area contributed by atoms with Crippen LogP contribution in [0.2, 0.25) is 0 Å². The van der Waals surface area contributed by atoms with Gasteiger partial charge >= 0.3 is 6.03 Å². The van der Waals surface area contributed by atoms with E-state index >= 15 is 0 Å². The van der Waals surface area contributed by atoms with Crippen LogP contribution in [-0.4, -0.2) is 29.8 Å². The fourth-order valence-corrected chi connectivity index (χ4v) is 0.837. The standard InChI is InChI=1S/C10H22N2O2/c1-4-6-7-11-9(13)12-8-10(3,14)5-2/h14H,4-8H2,1-3H3,(H2,11,12,13). The van der Waals surface area contributed by atoms with Crippen LogP contribution in [0.25, 0.3) is 0 Å². The number of carbonyl (C=O) groups excluding carboxylic acids is 1. The second kappa shape index (κ2) is 6.65. The van der Waals surface area contributed by atoms with Crippen molar-refractivity contribution in [2.24, 2.45) is 0 Å². The van der Waals surface area contributed by atoms with Gasteiger partial charge in [0, 0.05) is 13.1 Å². The lowest BCUT2D eigenvalue weighted by Crippen LogP contribution is -2.44. The number of amides is 2. The first-order valence-electron chi connectivity index (χ1n) is 5.26. The lowest BCUT2D eigenvalue weighted by atomic mass is 10.0. The maximum absolute atomic E-state index is 11.1. The highest BCUT2D eigenvalue weighted by molar-refractivity contribution is 5.73. The Morgan fingerprint density at radius 3 is 2.50 bits per heavy atom. The lowest BCUT2D eigenvalue weighted by molar-refractivity contribution is 0.0581. The van der Waals surface area contributed by atoms with Crippen LogP contribution < -0.4 is 10.6 Å². The molecule has 0 heterocycles. The van der Waals surface area contributed by atoms with E-state index in [1.165, 1.54) is 0 Å². The minimum atomic E-state index is -0.803. The molecule has 84 valence electrons. The molecule has 0 fully saturated rings. The highest BCUT2D eigenvalue weighted by atomic mass is 16.3. The van der Waals surface area contributed by atoms with E-state index in [4.69, 9.17) is 0 Å². The Morgan fingerprint density at radius 2 is 2.00 bits per heavy atom. The first-order valence-corrected chi connectivity index (χ1v) is 5.26. The lowest BCUT2D eigenvalue weighted by Gasteiger charge is -2.21. The Kier molecular flexibility index (Phi) is 6.28. The number of hydrogen-bond acceptors (Lipinski definition) is 2. The van der Waals surface area contributed by atoms with Gasteiger partial charge in [-0.2, -0.15) is 0 Å². The topological polar surface area (TPSA) is 61.4 Å². The van der Waals surface area contributed by atoms with Gasteiger partial charge < -0.3 is 15.7 Å². The second-order valence-corrected chi connectivity index (χ2v) is 3.81. The molecule has 14 heavy (non-hydrogen) atoms. The molecule has 0 rings (SSSR count). The second-order valence-electron chi connectivity index (χ2n) is 3.81. The number of hydrogen-bond donors (Lipinski definition) is 3. The van der Waals surface area contributed by atoms with E-state index in [1.807, 2.05) is 6.92 Å². The van der Waals surface area contributed by atoms with Crippen LogP contribution in [0.15, 0.2) is 0 Å². The van der Waals surface area contributed by atoms with Gasteiger partial charge in [-0.1, -0.05) is 20.3 Å². The number of unbranched alkanes of at least 4 members (excludes halogenated alkanes) is 1. The summed E-state index contributed by atoms with van der Waals surface area (Å²) in [7, 11) is 0. The Morgan fingerprint density at radius 1 is 1.36 bits per heavy atom. The summed E-state index contributed by atoms with van der Waals surface area (Å²) < 4.78 is 0. The van der Waals surface area contributed by atoms with Gasteiger partial charge in [-0.05, 0) is 19.8 Å². The third-order valence-corrected chi connectivity index (χ3v) is 2.21. The smallest absolute Gasteiger partial charge is 0.314 e. The van der Waals surface area contributed by atoms with Gasteiger partial charge in [0.2, 0.25) is 0 Å². The normalized spacial score (nSPS) is 14.6. The third kappa shape index (κ3) is 6.71. The monoisotopic (exact) mass is 202 g/mol. The molecule has 0 saturated heterocycles. The minimum Gasteiger partial charge on any atom is -0.388 e. The quantitative estimate of drug-likeness (QED) is 0.568. The Balaban J connectivity index is 3.53. The van der Waals surface area contributed by atoms with Crippen molar-refractivity contribution >= 4 is 6.03 Å². The molecule has 1 atom stereocenters. The summed E-state index contributed by atoms with van der Waals surface area (Å²) in [5, 5.41) is 15.0. The summed E-state index contributed by atoms with van der Waals surface area (Å²) in [6.45, 7) is 6.65. The molecule has 1 unspecified atom stereocenters. The first kappa shape index (κ1) is 13.2. The summed E-state index contributed by atoms with van der Waals surface area (Å²) in [6.07, 6.45) is 2.67. The van der Waals surface area contributed by atoms with Crippen LogP contribution in [0.4, 0.5) is 4.79 Å². The molecule has 0 aliphatic heterocycles. The van der Waals surface area contributed by atoms with E-state index in [2.05, 4.69) is 17.6 Å². The van der Waals surface area contributed by atoms with Gasteiger partial charge in [0.05, 0.1) is 5.60 Å². The Hall–Kier alpha value is -0.770. The number of aliphatic hydroxyl groups is 1. The molecule has 0 spiro atoms. The van der Waals surface area contributed by atoms with Gasteiger partial charge in [-0.3, -0.25) is 0 Å². The first-order chi connectivity index (χ1) is 6.52. The molecule has 0 aromatic heterocycles. The fourth-order valence-electron chi connectivity index (χ4n) is 0.837. The van der Waals surface area contributed by atoms with E-state index in [0.717, 1.165) is 12.8 Å². The molecule has 4 nitrogen and oxygen atoms in total. The highest BCUT2D eigenvalue weighted by Crippen LogP contribution is 2.05. The zero-order chi connectivity index (χ0) is 11.0. The van der Waals surface area contributed by atoms with Crippen molar-refractivity contribution in [1.82, 2.24) is 10.6 Å². The molecular formula is C10H22N2O2. The Labute approximate surface area is 86.1 Å². The summed E-state index contributed by atoms with van der Waals surface area (Å²) in [6, 6.07) is -0.202. The van der Waals surface area contributed by atoms with Crippen molar-refractivity contribution in [3.05, 3.63) is 0 Å². The molecule has 0 aliphatic carbocycles. The largest absolute Gasteiger partial charge is 0.388 e. The SMILES string of the molecule is CCCCNC(=O)NCC(C)(O)CC. The van der Waals surface area contributed by atoms with E-state index in [1.54, 1.807) is 6.92 Å². The molecule has 4 heteroatoms. The number of carbonyl (C=O) groups is 1. The van der Waals surface area contributed by atoms with Crippen LogP contribution in [0, 0.1) is 0 Å². The van der Waals surface area contributed by atoms with Crippen molar-refractivity contribution in [3.8, 4) is 0 Å². The zero-order valence-corrected chi connectivity index (χ0v) is 9.39. The maximum atomic E-state index is 11.1. The van der Waals surface area contributed by atoms with Gasteiger partial charge in [-0.15, -0.1) is 0 Å². The van der Waals surface area contributed by atoms with Crippen molar-refractivity contribution in [2.45, 2.75) is 45.6 Å². The summed E-state index contributed by atoms with van der Waals surface area (Å²) in [5.74, 6) is 0. The van der Waals surface area contributed by atoms with Crippen molar-refractivity contribution in [3.63, 3.8) is 0 Å². The van der Waals surface area contributed by atoms with E-state index in [0.29, 0.717) is 19.5 Å². The van der Waals surface area contributed by atoms with Crippen molar-refractivity contribution in [2.75, 3.05) is 13.1 Å². The highest BCUT2D eigenvalue weighted by Gasteiger charge is 2.17. The van der Waals surface area contributed by atoms with Gasteiger partial charge in [0.25, 0.3) is 0 Å². The maximum Gasteiger partial charge on any atom is 0.314 e. The summed E-state index contributed by atoms with van der Waals surface area (Å²) in [4.78, 5) is 11.1. The van der Waals surface area contributed by atoms with Crippen LogP contribution >= 0.6 is 0 Å². The van der Waals surface area contributed by atoms with Crippen molar-refractivity contribution < 1.29 is 9.90 Å². The molecule has 0 radical (unpaired) electrons. The minimum absolute atomic E-state index is 0.202. The van der Waals surface area contributed by atoms with E-state index in [-0.39, 0.29) is 6.03 Å². The number of rotatable bonds is 6. The van der Waals surface area contributed by atoms with Gasteiger partial charge in [0.15, 0.2) is 0 Å². The zero-order valence-electron chi connectivity index (χ0n) is 9.39. The van der Waals surface area contributed by atoms with Crippen LogP contribution in [0.3, 0.4) is 0 Å². The fraction of sp³-hybridized carbons (Fsp3) is 0.900. The average molecular weight is 202 g/mol. The molecule has 2 amide bonds. The molecule has 0 aromatic carbocycles. The molecular weight excluding hydrogens is 180 g/mol.